The normalized spacial score (nSPS) is 16.5. The van der Waals surface area contributed by atoms with Crippen molar-refractivity contribution < 1.29 is 9.59 Å². The maximum absolute atomic E-state index is 12.7. The first-order chi connectivity index (χ1) is 13.6. The zero-order valence-corrected chi connectivity index (χ0v) is 16.0. The zero-order valence-electron chi connectivity index (χ0n) is 15.2. The molecule has 0 saturated carbocycles. The van der Waals surface area contributed by atoms with Gasteiger partial charge < -0.3 is 4.90 Å². The quantitative estimate of drug-likeness (QED) is 0.686. The summed E-state index contributed by atoms with van der Waals surface area (Å²) < 4.78 is 1.08. The van der Waals surface area contributed by atoms with Crippen molar-refractivity contribution in [3.05, 3.63) is 65.2 Å². The van der Waals surface area contributed by atoms with Crippen LogP contribution in [-0.2, 0) is 9.59 Å². The lowest BCUT2D eigenvalue weighted by atomic mass is 10.1. The monoisotopic (exact) mass is 394 g/mol. The molecule has 28 heavy (non-hydrogen) atoms. The van der Waals surface area contributed by atoms with E-state index in [1.165, 1.54) is 6.33 Å². The summed E-state index contributed by atoms with van der Waals surface area (Å²) in [5, 5.41) is 0.420. The molecule has 1 aromatic heterocycles. The Morgan fingerprint density at radius 1 is 1.18 bits per heavy atom. The second-order valence-corrected chi connectivity index (χ2v) is 7.40. The van der Waals surface area contributed by atoms with Gasteiger partial charge in [-0.2, -0.15) is 0 Å². The Morgan fingerprint density at radius 2 is 2.00 bits per heavy atom. The van der Waals surface area contributed by atoms with Gasteiger partial charge in [0.25, 0.3) is 5.56 Å². The third-order valence-electron chi connectivity index (χ3n) is 4.76. The summed E-state index contributed by atoms with van der Waals surface area (Å²) in [6.45, 7) is 0.276. The van der Waals surface area contributed by atoms with Gasteiger partial charge in [-0.25, -0.2) is 9.66 Å². The van der Waals surface area contributed by atoms with Gasteiger partial charge in [-0.1, -0.05) is 18.2 Å². The SMILES string of the molecule is CSc1cccc(N2C[C@H](C(=O)Nn3cnc4ccccc4c3=O)CC2=O)c1. The number of fused-ring (bicyclic) bond motifs is 1. The van der Waals surface area contributed by atoms with E-state index in [2.05, 4.69) is 10.4 Å². The standard InChI is InChI=1S/C20H18N4O3S/c1-28-15-6-4-5-14(10-15)23-11-13(9-18(23)25)19(26)22-24-12-21-17-8-3-2-7-16(17)20(24)27/h2-8,10,12-13H,9,11H2,1H3,(H,22,26)/t13-/m1/s1. The van der Waals surface area contributed by atoms with Gasteiger partial charge in [0.1, 0.15) is 6.33 Å². The van der Waals surface area contributed by atoms with Crippen LogP contribution in [0.2, 0.25) is 0 Å². The molecule has 2 heterocycles. The minimum Gasteiger partial charge on any atom is -0.312 e. The van der Waals surface area contributed by atoms with Gasteiger partial charge >= 0.3 is 0 Å². The van der Waals surface area contributed by atoms with E-state index >= 15 is 0 Å². The van der Waals surface area contributed by atoms with Crippen LogP contribution in [0.4, 0.5) is 5.69 Å². The molecule has 1 atom stereocenters. The van der Waals surface area contributed by atoms with Gasteiger partial charge in [0, 0.05) is 23.5 Å². The van der Waals surface area contributed by atoms with Crippen LogP contribution in [0.1, 0.15) is 6.42 Å². The Bertz CT molecular complexity index is 1130. The van der Waals surface area contributed by atoms with Gasteiger partial charge in [-0.3, -0.25) is 19.8 Å². The van der Waals surface area contributed by atoms with Crippen molar-refractivity contribution in [1.82, 2.24) is 9.66 Å². The van der Waals surface area contributed by atoms with Gasteiger partial charge in [0.05, 0.1) is 16.8 Å². The summed E-state index contributed by atoms with van der Waals surface area (Å²) in [6.07, 6.45) is 3.36. The Balaban J connectivity index is 1.52. The molecule has 0 radical (unpaired) electrons. The summed E-state index contributed by atoms with van der Waals surface area (Å²) >= 11 is 1.59. The molecule has 4 rings (SSSR count). The number of nitrogens with one attached hydrogen (secondary N) is 1. The fraction of sp³-hybridized carbons (Fsp3) is 0.200. The summed E-state index contributed by atoms with van der Waals surface area (Å²) in [5.74, 6) is -1.03. The number of amides is 2. The van der Waals surface area contributed by atoms with Crippen molar-refractivity contribution in [2.45, 2.75) is 11.3 Å². The third-order valence-corrected chi connectivity index (χ3v) is 5.48. The number of hydrogen-bond donors (Lipinski definition) is 1. The topological polar surface area (TPSA) is 84.3 Å². The summed E-state index contributed by atoms with van der Waals surface area (Å²) in [6, 6.07) is 14.6. The molecule has 0 spiro atoms. The van der Waals surface area contributed by atoms with Crippen LogP contribution in [-0.4, -0.2) is 34.3 Å². The molecule has 1 aliphatic heterocycles. The molecular formula is C20H18N4O3S. The van der Waals surface area contributed by atoms with Crippen LogP contribution in [0.5, 0.6) is 0 Å². The van der Waals surface area contributed by atoms with E-state index in [0.717, 1.165) is 15.3 Å². The molecule has 3 aromatic rings. The van der Waals surface area contributed by atoms with E-state index in [1.807, 2.05) is 30.5 Å². The minimum atomic E-state index is -0.538. The van der Waals surface area contributed by atoms with Gasteiger partial charge in [0.2, 0.25) is 11.8 Å². The van der Waals surface area contributed by atoms with Crippen LogP contribution in [0.15, 0.2) is 64.5 Å². The molecule has 1 fully saturated rings. The van der Waals surface area contributed by atoms with Crippen LogP contribution < -0.4 is 15.9 Å². The average molecular weight is 394 g/mol. The predicted octanol–water partition coefficient (Wildman–Crippen LogP) is 2.24. The molecular weight excluding hydrogens is 376 g/mol. The lowest BCUT2D eigenvalue weighted by Crippen LogP contribution is -2.37. The second-order valence-electron chi connectivity index (χ2n) is 6.52. The first-order valence-electron chi connectivity index (χ1n) is 8.78. The molecule has 7 nitrogen and oxygen atoms in total. The summed E-state index contributed by atoms with van der Waals surface area (Å²) in [5.41, 5.74) is 3.56. The largest absolute Gasteiger partial charge is 0.312 e. The Kier molecular flexibility index (Phi) is 4.87. The van der Waals surface area contributed by atoms with E-state index in [1.54, 1.807) is 40.9 Å². The Labute approximate surface area is 165 Å². The highest BCUT2D eigenvalue weighted by atomic mass is 32.2. The average Bonchev–Trinajstić information content (AvgIpc) is 3.12. The molecule has 0 bridgehead atoms. The first-order valence-corrected chi connectivity index (χ1v) is 10.0. The van der Waals surface area contributed by atoms with E-state index in [9.17, 15) is 14.4 Å². The zero-order chi connectivity index (χ0) is 19.7. The number of thioether (sulfide) groups is 1. The number of hydrogen-bond acceptors (Lipinski definition) is 5. The molecule has 8 heteroatoms. The molecule has 1 saturated heterocycles. The lowest BCUT2D eigenvalue weighted by molar-refractivity contribution is -0.123. The van der Waals surface area contributed by atoms with Gasteiger partial charge in [-0.05, 0) is 36.6 Å². The highest BCUT2D eigenvalue weighted by Crippen LogP contribution is 2.28. The number of nitrogens with zero attached hydrogens (tertiary/aromatic N) is 3. The van der Waals surface area contributed by atoms with Crippen molar-refractivity contribution in [2.24, 2.45) is 5.92 Å². The molecule has 1 N–H and O–H groups in total. The summed E-state index contributed by atoms with van der Waals surface area (Å²) in [4.78, 5) is 44.5. The number of anilines is 1. The predicted molar refractivity (Wildman–Crippen MR) is 109 cm³/mol. The number of aromatic nitrogens is 2. The smallest absolute Gasteiger partial charge is 0.280 e. The fourth-order valence-electron chi connectivity index (χ4n) is 3.27. The van der Waals surface area contributed by atoms with Crippen molar-refractivity contribution >= 4 is 40.2 Å². The number of benzene rings is 2. The maximum atomic E-state index is 12.7. The molecule has 2 aromatic carbocycles. The number of carbonyl (C=O) groups is 2. The number of carbonyl (C=O) groups excluding carboxylic acids is 2. The van der Waals surface area contributed by atoms with E-state index in [4.69, 9.17) is 0 Å². The van der Waals surface area contributed by atoms with Gasteiger partial charge in [0.15, 0.2) is 0 Å². The minimum absolute atomic E-state index is 0.102. The van der Waals surface area contributed by atoms with Crippen molar-refractivity contribution in [1.29, 1.82) is 0 Å². The number of rotatable bonds is 4. The molecule has 2 amide bonds. The highest BCUT2D eigenvalue weighted by Gasteiger charge is 2.35. The highest BCUT2D eigenvalue weighted by molar-refractivity contribution is 7.98. The number of para-hydroxylation sites is 1. The molecule has 0 unspecified atom stereocenters. The first kappa shape index (κ1) is 18.2. The molecule has 0 aliphatic carbocycles. The van der Waals surface area contributed by atoms with Crippen molar-refractivity contribution in [3.63, 3.8) is 0 Å². The van der Waals surface area contributed by atoms with E-state index < -0.39 is 5.92 Å². The van der Waals surface area contributed by atoms with E-state index in [-0.39, 0.29) is 30.3 Å². The fourth-order valence-corrected chi connectivity index (χ4v) is 3.72. The molecule has 1 aliphatic rings. The van der Waals surface area contributed by atoms with Gasteiger partial charge in [-0.15, -0.1) is 11.8 Å². The second kappa shape index (κ2) is 7.47. The molecule has 142 valence electrons. The van der Waals surface area contributed by atoms with E-state index in [0.29, 0.717) is 10.9 Å². The van der Waals surface area contributed by atoms with Crippen LogP contribution in [0.3, 0.4) is 0 Å². The maximum Gasteiger partial charge on any atom is 0.280 e. The third kappa shape index (κ3) is 3.38. The lowest BCUT2D eigenvalue weighted by Gasteiger charge is -2.17. The van der Waals surface area contributed by atoms with Crippen molar-refractivity contribution in [2.75, 3.05) is 23.1 Å². The Morgan fingerprint density at radius 3 is 2.82 bits per heavy atom. The Hall–Kier alpha value is -3.13. The summed E-state index contributed by atoms with van der Waals surface area (Å²) in [7, 11) is 0. The van der Waals surface area contributed by atoms with Crippen molar-refractivity contribution in [3.8, 4) is 0 Å². The van der Waals surface area contributed by atoms with Crippen LogP contribution >= 0.6 is 11.8 Å². The van der Waals surface area contributed by atoms with Crippen LogP contribution in [0.25, 0.3) is 10.9 Å². The van der Waals surface area contributed by atoms with Crippen LogP contribution in [0, 0.1) is 5.92 Å².